The van der Waals surface area contributed by atoms with E-state index in [9.17, 15) is 8.42 Å². The summed E-state index contributed by atoms with van der Waals surface area (Å²) in [6.07, 6.45) is 2.58. The molecular weight excluding hydrogens is 641 g/mol. The van der Waals surface area contributed by atoms with Crippen LogP contribution in [0.1, 0.15) is 5.56 Å². The van der Waals surface area contributed by atoms with Gasteiger partial charge in [-0.2, -0.15) is 9.61 Å². The fraction of sp³-hybridized carbons (Fsp3) is 0.182. The summed E-state index contributed by atoms with van der Waals surface area (Å²) < 4.78 is 31.3. The molecule has 0 fully saturated rings. The Kier molecular flexibility index (Phi) is 7.90. The minimum absolute atomic E-state index is 0.200. The highest BCUT2D eigenvalue weighted by Crippen LogP contribution is 2.30. The van der Waals surface area contributed by atoms with E-state index in [4.69, 9.17) is 11.6 Å². The van der Waals surface area contributed by atoms with E-state index in [0.717, 1.165) is 26.4 Å². The molecular formula is C22H20BrClIN5O2S. The Morgan fingerprint density at radius 1 is 1.09 bits per heavy atom. The molecule has 33 heavy (non-hydrogen) atoms. The molecule has 0 radical (unpaired) electrons. The third kappa shape index (κ3) is 5.68. The zero-order valence-corrected chi connectivity index (χ0v) is 22.6. The molecule has 2 aromatic heterocycles. The van der Waals surface area contributed by atoms with E-state index >= 15 is 0 Å². The van der Waals surface area contributed by atoms with Crippen LogP contribution in [-0.2, 0) is 16.4 Å². The third-order valence-electron chi connectivity index (χ3n) is 4.92. The summed E-state index contributed by atoms with van der Waals surface area (Å²) in [4.78, 5) is 4.92. The van der Waals surface area contributed by atoms with Gasteiger partial charge < -0.3 is 5.32 Å². The molecule has 4 aromatic rings. The second kappa shape index (κ2) is 10.7. The third-order valence-corrected chi connectivity index (χ3v) is 7.82. The van der Waals surface area contributed by atoms with Crippen molar-refractivity contribution >= 4 is 71.6 Å². The van der Waals surface area contributed by atoms with Crippen LogP contribution in [0.2, 0.25) is 5.02 Å². The fourth-order valence-electron chi connectivity index (χ4n) is 3.27. The second-order valence-corrected chi connectivity index (χ2v) is 11.2. The maximum Gasteiger partial charge on any atom is 0.240 e. The summed E-state index contributed by atoms with van der Waals surface area (Å²) in [5, 5.41) is 8.19. The van der Waals surface area contributed by atoms with Crippen LogP contribution in [0.15, 0.2) is 70.2 Å². The van der Waals surface area contributed by atoms with Crippen molar-refractivity contribution in [3.63, 3.8) is 0 Å². The van der Waals surface area contributed by atoms with Crippen LogP contribution in [0, 0.1) is 0 Å². The molecule has 0 aliphatic heterocycles. The topological polar surface area (TPSA) is 88.4 Å². The van der Waals surface area contributed by atoms with Crippen LogP contribution >= 0.6 is 50.1 Å². The molecule has 4 rings (SSSR count). The first-order chi connectivity index (χ1) is 15.9. The molecule has 0 spiro atoms. The predicted molar refractivity (Wildman–Crippen MR) is 144 cm³/mol. The number of benzene rings is 2. The minimum Gasteiger partial charge on any atom is -0.369 e. The van der Waals surface area contributed by atoms with Gasteiger partial charge in [0, 0.05) is 34.2 Å². The van der Waals surface area contributed by atoms with Gasteiger partial charge in [-0.15, -0.1) is 0 Å². The van der Waals surface area contributed by atoms with Gasteiger partial charge >= 0.3 is 0 Å². The number of halogens is 3. The van der Waals surface area contributed by atoms with E-state index in [0.29, 0.717) is 28.7 Å². The van der Waals surface area contributed by atoms with Gasteiger partial charge in [0.25, 0.3) is 0 Å². The molecule has 2 N–H and O–H groups in total. The summed E-state index contributed by atoms with van der Waals surface area (Å²) in [5.74, 6) is 0.669. The number of aromatic nitrogens is 3. The Balaban J connectivity index is 1.48. The van der Waals surface area contributed by atoms with Gasteiger partial charge in [-0.25, -0.2) is 18.1 Å². The Bertz CT molecular complexity index is 1380. The maximum absolute atomic E-state index is 12.6. The van der Waals surface area contributed by atoms with Gasteiger partial charge in [-0.1, -0.05) is 64.5 Å². The van der Waals surface area contributed by atoms with Gasteiger partial charge in [-0.3, -0.25) is 0 Å². The van der Waals surface area contributed by atoms with Gasteiger partial charge in [0.05, 0.1) is 21.3 Å². The summed E-state index contributed by atoms with van der Waals surface area (Å²) in [5.41, 5.74) is 3.22. The van der Waals surface area contributed by atoms with Crippen molar-refractivity contribution in [2.24, 2.45) is 0 Å². The van der Waals surface area contributed by atoms with E-state index in [1.54, 1.807) is 22.8 Å². The smallest absolute Gasteiger partial charge is 0.240 e. The molecule has 0 unspecified atom stereocenters. The molecule has 11 heteroatoms. The molecule has 0 amide bonds. The number of nitrogens with zero attached hydrogens (tertiary/aromatic N) is 3. The van der Waals surface area contributed by atoms with Gasteiger partial charge in [0.15, 0.2) is 5.65 Å². The lowest BCUT2D eigenvalue weighted by Gasteiger charge is -2.12. The van der Waals surface area contributed by atoms with Crippen LogP contribution < -0.4 is 10.0 Å². The Labute approximate surface area is 219 Å². The van der Waals surface area contributed by atoms with Crippen LogP contribution in [-0.4, -0.2) is 40.5 Å². The van der Waals surface area contributed by atoms with E-state index in [-0.39, 0.29) is 11.4 Å². The monoisotopic (exact) mass is 659 g/mol. The SMILES string of the molecule is O=S(=O)(NCCNc1cc(-c2ccccc2Cl)nc2c(Br)cnn12)c1ccc(CCI)cc1. The van der Waals surface area contributed by atoms with Crippen LogP contribution in [0.5, 0.6) is 0 Å². The first-order valence-corrected chi connectivity index (χ1v) is 14.2. The summed E-state index contributed by atoms with van der Waals surface area (Å²) in [7, 11) is -3.59. The lowest BCUT2D eigenvalue weighted by molar-refractivity contribution is 0.583. The quantitative estimate of drug-likeness (QED) is 0.147. The predicted octanol–water partition coefficient (Wildman–Crippen LogP) is 5.18. The highest BCUT2D eigenvalue weighted by Gasteiger charge is 2.15. The molecule has 0 saturated heterocycles. The van der Waals surface area contributed by atoms with E-state index in [1.165, 1.54) is 0 Å². The summed E-state index contributed by atoms with van der Waals surface area (Å²) in [6, 6.07) is 16.3. The molecule has 7 nitrogen and oxygen atoms in total. The molecule has 0 bridgehead atoms. The lowest BCUT2D eigenvalue weighted by atomic mass is 10.1. The van der Waals surface area contributed by atoms with Crippen LogP contribution in [0.25, 0.3) is 16.9 Å². The van der Waals surface area contributed by atoms with Gasteiger partial charge in [-0.05, 0) is 46.1 Å². The van der Waals surface area contributed by atoms with Crippen molar-refractivity contribution in [3.8, 4) is 11.3 Å². The Hall–Kier alpha value is -1.73. The standard InChI is InChI=1S/C22H20BrClIN5O2S/c23-18-14-27-30-21(13-20(29-22(18)30)17-3-1-2-4-19(17)24)26-11-12-28-33(31,32)16-7-5-15(6-8-16)9-10-25/h1-8,13-14,26,28H,9-12H2. The number of hydrogen-bond donors (Lipinski definition) is 2. The zero-order chi connectivity index (χ0) is 23.4. The maximum atomic E-state index is 12.6. The van der Waals surface area contributed by atoms with Crippen molar-refractivity contribution in [3.05, 3.63) is 75.9 Å². The summed E-state index contributed by atoms with van der Waals surface area (Å²) >= 11 is 12.1. The molecule has 0 aliphatic carbocycles. The van der Waals surface area contributed by atoms with E-state index < -0.39 is 10.0 Å². The highest BCUT2D eigenvalue weighted by molar-refractivity contribution is 14.1. The van der Waals surface area contributed by atoms with Gasteiger partial charge in [0.1, 0.15) is 5.82 Å². The Morgan fingerprint density at radius 3 is 2.58 bits per heavy atom. The van der Waals surface area contributed by atoms with Gasteiger partial charge in [0.2, 0.25) is 10.0 Å². The zero-order valence-electron chi connectivity index (χ0n) is 17.3. The fourth-order valence-corrected chi connectivity index (χ4v) is 5.51. The number of aryl methyl sites for hydroxylation is 1. The average molecular weight is 661 g/mol. The van der Waals surface area contributed by atoms with Crippen molar-refractivity contribution in [2.45, 2.75) is 11.3 Å². The summed E-state index contributed by atoms with van der Waals surface area (Å²) in [6.45, 7) is 0.552. The number of rotatable bonds is 9. The molecule has 2 heterocycles. The second-order valence-electron chi connectivity index (χ2n) is 7.14. The molecule has 172 valence electrons. The normalized spacial score (nSPS) is 11.7. The van der Waals surface area contributed by atoms with Crippen molar-refractivity contribution in [1.29, 1.82) is 0 Å². The van der Waals surface area contributed by atoms with Crippen LogP contribution in [0.4, 0.5) is 5.82 Å². The number of fused-ring (bicyclic) bond motifs is 1. The van der Waals surface area contributed by atoms with Crippen molar-refractivity contribution < 1.29 is 8.42 Å². The number of sulfonamides is 1. The molecule has 0 atom stereocenters. The molecule has 2 aromatic carbocycles. The number of hydrogen-bond acceptors (Lipinski definition) is 5. The van der Waals surface area contributed by atoms with Crippen LogP contribution in [0.3, 0.4) is 0 Å². The average Bonchev–Trinajstić information content (AvgIpc) is 3.18. The molecule has 0 aliphatic rings. The first-order valence-electron chi connectivity index (χ1n) is 10.1. The number of anilines is 1. The lowest BCUT2D eigenvalue weighted by Crippen LogP contribution is -2.29. The van der Waals surface area contributed by atoms with E-state index in [2.05, 4.69) is 58.6 Å². The minimum atomic E-state index is -3.59. The largest absolute Gasteiger partial charge is 0.369 e. The number of nitrogens with one attached hydrogen (secondary N) is 2. The highest BCUT2D eigenvalue weighted by atomic mass is 127. The first kappa shape index (κ1) is 24.4. The Morgan fingerprint density at radius 2 is 1.85 bits per heavy atom. The number of alkyl halides is 1. The van der Waals surface area contributed by atoms with Crippen molar-refractivity contribution in [1.82, 2.24) is 19.3 Å². The van der Waals surface area contributed by atoms with E-state index in [1.807, 2.05) is 42.5 Å². The molecule has 0 saturated carbocycles. The van der Waals surface area contributed by atoms with Crippen molar-refractivity contribution in [2.75, 3.05) is 22.8 Å².